The summed E-state index contributed by atoms with van der Waals surface area (Å²) in [5.74, 6) is 0. The second kappa shape index (κ2) is 10.8. The highest BCUT2D eigenvalue weighted by molar-refractivity contribution is 6.30. The summed E-state index contributed by atoms with van der Waals surface area (Å²) in [7, 11) is 1.81. The Morgan fingerprint density at radius 2 is 1.80 bits per heavy atom. The van der Waals surface area contributed by atoms with E-state index in [1.807, 2.05) is 44.3 Å². The smallest absolute Gasteiger partial charge is 0.0751 e. The molecule has 1 aromatic carbocycles. The van der Waals surface area contributed by atoms with Crippen LogP contribution in [0.1, 0.15) is 52.5 Å². The van der Waals surface area contributed by atoms with Crippen LogP contribution in [0, 0.1) is 0 Å². The molecule has 25 heavy (non-hydrogen) atoms. The molecule has 0 saturated heterocycles. The molecule has 0 spiro atoms. The van der Waals surface area contributed by atoms with E-state index in [9.17, 15) is 0 Å². The predicted molar refractivity (Wildman–Crippen MR) is 114 cm³/mol. The Morgan fingerprint density at radius 3 is 2.32 bits per heavy atom. The molecule has 0 amide bonds. The van der Waals surface area contributed by atoms with E-state index in [2.05, 4.69) is 38.4 Å². The van der Waals surface area contributed by atoms with Crippen molar-refractivity contribution >= 4 is 28.7 Å². The lowest BCUT2D eigenvalue weighted by Gasteiger charge is -2.11. The predicted octanol–water partition coefficient (Wildman–Crippen LogP) is 6.93. The van der Waals surface area contributed by atoms with Gasteiger partial charge in [0.1, 0.15) is 0 Å². The van der Waals surface area contributed by atoms with Crippen LogP contribution in [0.15, 0.2) is 64.1 Å². The lowest BCUT2D eigenvalue weighted by Crippen LogP contribution is -2.02. The van der Waals surface area contributed by atoms with Crippen molar-refractivity contribution in [3.63, 3.8) is 0 Å². The van der Waals surface area contributed by atoms with Crippen molar-refractivity contribution in [2.75, 3.05) is 7.05 Å². The quantitative estimate of drug-likeness (QED) is 0.356. The Morgan fingerprint density at radius 1 is 1.16 bits per heavy atom. The van der Waals surface area contributed by atoms with E-state index in [0.29, 0.717) is 0 Å². The van der Waals surface area contributed by atoms with Crippen LogP contribution in [0.4, 0.5) is 0 Å². The van der Waals surface area contributed by atoms with Crippen LogP contribution in [0.3, 0.4) is 0 Å². The Balaban J connectivity index is 3.37. The zero-order valence-electron chi connectivity index (χ0n) is 16.1. The van der Waals surface area contributed by atoms with E-state index in [1.54, 1.807) is 0 Å². The molecule has 0 aromatic heterocycles. The average molecular weight is 357 g/mol. The minimum absolute atomic E-state index is 0.723. The molecule has 3 heteroatoms. The van der Waals surface area contributed by atoms with Crippen LogP contribution in [-0.4, -0.2) is 18.5 Å². The first-order chi connectivity index (χ1) is 11.9. The van der Waals surface area contributed by atoms with Gasteiger partial charge in [-0.15, -0.1) is 0 Å². The van der Waals surface area contributed by atoms with Gasteiger partial charge in [0, 0.05) is 28.9 Å². The highest BCUT2D eigenvalue weighted by Gasteiger charge is 2.09. The molecule has 0 saturated carbocycles. The number of hydrogen-bond acceptors (Lipinski definition) is 2. The molecule has 0 heterocycles. The molecule has 0 bridgehead atoms. The number of rotatable bonds is 8. The third kappa shape index (κ3) is 7.23. The van der Waals surface area contributed by atoms with E-state index in [1.165, 1.54) is 0 Å². The number of nitrogens with zero attached hydrogens (tertiary/aromatic N) is 2. The molecule has 0 aliphatic rings. The molecule has 0 atom stereocenters. The van der Waals surface area contributed by atoms with Crippen molar-refractivity contribution in [2.24, 2.45) is 9.98 Å². The Bertz CT molecular complexity index is 704. The number of allylic oxidation sites excluding steroid dienone is 4. The summed E-state index contributed by atoms with van der Waals surface area (Å²) < 4.78 is 0. The fraction of sp³-hybridized carbons (Fsp3) is 0.364. The Labute approximate surface area is 157 Å². The van der Waals surface area contributed by atoms with Gasteiger partial charge >= 0.3 is 0 Å². The van der Waals surface area contributed by atoms with Crippen molar-refractivity contribution in [1.29, 1.82) is 0 Å². The number of benzene rings is 1. The third-order valence-corrected chi connectivity index (χ3v) is 4.01. The van der Waals surface area contributed by atoms with Crippen molar-refractivity contribution in [3.05, 3.63) is 64.7 Å². The van der Waals surface area contributed by atoms with Gasteiger partial charge in [0.15, 0.2) is 0 Å². The summed E-state index contributed by atoms with van der Waals surface area (Å²) in [5, 5.41) is 0.723. The summed E-state index contributed by atoms with van der Waals surface area (Å²) in [6.07, 6.45) is 7.05. The van der Waals surface area contributed by atoms with Crippen molar-refractivity contribution in [3.8, 4) is 0 Å². The summed E-state index contributed by atoms with van der Waals surface area (Å²) in [6.45, 7) is 12.3. The molecule has 1 rings (SSSR count). The molecule has 134 valence electrons. The minimum Gasteiger partial charge on any atom is -0.288 e. The van der Waals surface area contributed by atoms with Gasteiger partial charge in [-0.3, -0.25) is 9.98 Å². The summed E-state index contributed by atoms with van der Waals surface area (Å²) in [6, 6.07) is 7.81. The van der Waals surface area contributed by atoms with Gasteiger partial charge in [-0.25, -0.2) is 0 Å². The van der Waals surface area contributed by atoms with Crippen molar-refractivity contribution in [1.82, 2.24) is 0 Å². The van der Waals surface area contributed by atoms with E-state index in [0.717, 1.165) is 58.1 Å². The highest BCUT2D eigenvalue weighted by atomic mass is 35.5. The van der Waals surface area contributed by atoms with E-state index in [-0.39, 0.29) is 0 Å². The maximum absolute atomic E-state index is 6.04. The minimum atomic E-state index is 0.723. The zero-order chi connectivity index (χ0) is 18.8. The molecule has 2 nitrogen and oxygen atoms in total. The van der Waals surface area contributed by atoms with E-state index >= 15 is 0 Å². The maximum atomic E-state index is 6.04. The molecule has 0 N–H and O–H groups in total. The van der Waals surface area contributed by atoms with E-state index in [4.69, 9.17) is 16.6 Å². The normalized spacial score (nSPS) is 14.0. The number of hydrogen-bond donors (Lipinski definition) is 0. The van der Waals surface area contributed by atoms with Crippen LogP contribution in [0.25, 0.3) is 5.70 Å². The Hall–Kier alpha value is -1.93. The van der Waals surface area contributed by atoms with Gasteiger partial charge in [-0.1, -0.05) is 55.3 Å². The van der Waals surface area contributed by atoms with Crippen LogP contribution in [-0.2, 0) is 0 Å². The average Bonchev–Trinajstić information content (AvgIpc) is 2.57. The molecule has 0 aliphatic carbocycles. The SMILES string of the molecule is C=C(C)C/C=C\C(=NC)/C(C)=C(/N=C(C)CCC)c1ccc(Cl)cc1. The molecule has 0 fully saturated rings. The molecule has 1 aromatic rings. The molecular formula is C22H29ClN2. The lowest BCUT2D eigenvalue weighted by molar-refractivity contribution is 0.988. The lowest BCUT2D eigenvalue weighted by atomic mass is 10.0. The van der Waals surface area contributed by atoms with Crippen LogP contribution in [0.2, 0.25) is 5.02 Å². The largest absolute Gasteiger partial charge is 0.288 e. The fourth-order valence-electron chi connectivity index (χ4n) is 2.44. The topological polar surface area (TPSA) is 24.7 Å². The summed E-state index contributed by atoms with van der Waals surface area (Å²) >= 11 is 6.04. The van der Waals surface area contributed by atoms with Gasteiger partial charge in [-0.2, -0.15) is 0 Å². The molecular weight excluding hydrogens is 328 g/mol. The van der Waals surface area contributed by atoms with Crippen LogP contribution < -0.4 is 0 Å². The standard InChI is InChI=1S/C22H29ClN2/c1-7-9-17(4)25-22(19-12-14-20(23)15-13-19)18(5)21(24-6)11-8-10-16(2)3/h8,11-15H,2,7,9-10H2,1,3-6H3/b11-8-,22-18+,24-21?,25-17?. The molecule has 0 radical (unpaired) electrons. The van der Waals surface area contributed by atoms with Gasteiger partial charge in [0.25, 0.3) is 0 Å². The summed E-state index contributed by atoms with van der Waals surface area (Å²) in [5.41, 5.74) is 6.23. The van der Waals surface area contributed by atoms with Gasteiger partial charge < -0.3 is 0 Å². The van der Waals surface area contributed by atoms with Gasteiger partial charge in [-0.05, 0) is 51.8 Å². The van der Waals surface area contributed by atoms with Crippen LogP contribution >= 0.6 is 11.6 Å². The molecule has 0 unspecified atom stereocenters. The fourth-order valence-corrected chi connectivity index (χ4v) is 2.57. The zero-order valence-corrected chi connectivity index (χ0v) is 16.8. The number of aliphatic imine (C=N–C) groups is 2. The first-order valence-electron chi connectivity index (χ1n) is 8.68. The van der Waals surface area contributed by atoms with E-state index < -0.39 is 0 Å². The first kappa shape index (κ1) is 21.1. The van der Waals surface area contributed by atoms with Crippen molar-refractivity contribution < 1.29 is 0 Å². The van der Waals surface area contributed by atoms with Crippen molar-refractivity contribution in [2.45, 2.75) is 47.0 Å². The molecule has 0 aliphatic heterocycles. The first-order valence-corrected chi connectivity index (χ1v) is 9.05. The number of halogens is 1. The Kier molecular flexibility index (Phi) is 9.15. The summed E-state index contributed by atoms with van der Waals surface area (Å²) in [4.78, 5) is 9.35. The van der Waals surface area contributed by atoms with Gasteiger partial charge in [0.05, 0.1) is 11.4 Å². The monoisotopic (exact) mass is 356 g/mol. The highest BCUT2D eigenvalue weighted by Crippen LogP contribution is 2.24. The second-order valence-corrected chi connectivity index (χ2v) is 6.69. The maximum Gasteiger partial charge on any atom is 0.0751 e. The third-order valence-electron chi connectivity index (χ3n) is 3.75. The van der Waals surface area contributed by atoms with Crippen LogP contribution in [0.5, 0.6) is 0 Å². The second-order valence-electron chi connectivity index (χ2n) is 6.25. The van der Waals surface area contributed by atoms with Gasteiger partial charge in [0.2, 0.25) is 0 Å².